The zero-order valence-corrected chi connectivity index (χ0v) is 10.2. The fourth-order valence-corrected chi connectivity index (χ4v) is 2.02. The van der Waals surface area contributed by atoms with E-state index in [0.29, 0.717) is 18.3 Å². The van der Waals surface area contributed by atoms with Gasteiger partial charge in [0.25, 0.3) is 5.89 Å². The summed E-state index contributed by atoms with van der Waals surface area (Å²) < 4.78 is 11.4. The molecule has 1 unspecified atom stereocenters. The molecule has 5 nitrogen and oxygen atoms in total. The standard InChI is InChI=1S/C13H15N3O2/c1-2-14-8-12-15-16-13(18-12)11-7-9-5-3-4-6-10(9)17-11/h3-6,11,14H,2,7-8H2,1H3. The van der Waals surface area contributed by atoms with Gasteiger partial charge in [-0.05, 0) is 18.2 Å². The van der Waals surface area contributed by atoms with Crippen molar-refractivity contribution in [1.82, 2.24) is 15.5 Å². The summed E-state index contributed by atoms with van der Waals surface area (Å²) in [6, 6.07) is 8.00. The van der Waals surface area contributed by atoms with Crippen LogP contribution in [0.2, 0.25) is 0 Å². The lowest BCUT2D eigenvalue weighted by Gasteiger charge is -2.04. The normalized spacial score (nSPS) is 17.5. The smallest absolute Gasteiger partial charge is 0.257 e. The third kappa shape index (κ3) is 2.09. The van der Waals surface area contributed by atoms with Crippen molar-refractivity contribution >= 4 is 0 Å². The Morgan fingerprint density at radius 1 is 1.33 bits per heavy atom. The lowest BCUT2D eigenvalue weighted by atomic mass is 10.1. The number of fused-ring (bicyclic) bond motifs is 1. The van der Waals surface area contributed by atoms with Gasteiger partial charge < -0.3 is 14.5 Å². The highest BCUT2D eigenvalue weighted by atomic mass is 16.5. The zero-order valence-electron chi connectivity index (χ0n) is 10.2. The van der Waals surface area contributed by atoms with Gasteiger partial charge in [0.2, 0.25) is 5.89 Å². The van der Waals surface area contributed by atoms with Crippen LogP contribution in [0.25, 0.3) is 0 Å². The molecule has 1 atom stereocenters. The number of nitrogens with zero attached hydrogens (tertiary/aromatic N) is 2. The number of benzene rings is 1. The number of ether oxygens (including phenoxy) is 1. The van der Waals surface area contributed by atoms with Gasteiger partial charge in [-0.2, -0.15) is 0 Å². The summed E-state index contributed by atoms with van der Waals surface area (Å²) in [6.07, 6.45) is 0.643. The van der Waals surface area contributed by atoms with Gasteiger partial charge in [-0.3, -0.25) is 0 Å². The van der Waals surface area contributed by atoms with Crippen LogP contribution in [-0.2, 0) is 13.0 Å². The molecule has 0 spiro atoms. The Balaban J connectivity index is 1.72. The molecule has 1 N–H and O–H groups in total. The van der Waals surface area contributed by atoms with Crippen LogP contribution in [0, 0.1) is 0 Å². The first-order chi connectivity index (χ1) is 8.86. The van der Waals surface area contributed by atoms with E-state index in [4.69, 9.17) is 9.15 Å². The Bertz CT molecular complexity index is 514. The Morgan fingerprint density at radius 2 is 2.22 bits per heavy atom. The molecule has 0 saturated heterocycles. The van der Waals surface area contributed by atoms with Gasteiger partial charge in [0.1, 0.15) is 5.75 Å². The van der Waals surface area contributed by atoms with Crippen LogP contribution in [0.5, 0.6) is 5.75 Å². The molecule has 0 fully saturated rings. The molecular formula is C13H15N3O2. The molecule has 1 aliphatic heterocycles. The molecule has 18 heavy (non-hydrogen) atoms. The first kappa shape index (κ1) is 11.2. The van der Waals surface area contributed by atoms with Gasteiger partial charge >= 0.3 is 0 Å². The highest BCUT2D eigenvalue weighted by molar-refractivity contribution is 5.37. The minimum absolute atomic E-state index is 0.148. The highest BCUT2D eigenvalue weighted by Gasteiger charge is 2.28. The van der Waals surface area contributed by atoms with Crippen LogP contribution in [0.1, 0.15) is 30.4 Å². The van der Waals surface area contributed by atoms with Crippen LogP contribution in [0.4, 0.5) is 0 Å². The minimum atomic E-state index is -0.148. The molecule has 1 aromatic carbocycles. The molecule has 3 rings (SSSR count). The number of para-hydroxylation sites is 1. The average Bonchev–Trinajstić information content (AvgIpc) is 3.02. The van der Waals surface area contributed by atoms with Crippen LogP contribution < -0.4 is 10.1 Å². The highest BCUT2D eigenvalue weighted by Crippen LogP contribution is 2.35. The van der Waals surface area contributed by atoms with Gasteiger partial charge in [0, 0.05) is 6.42 Å². The predicted molar refractivity (Wildman–Crippen MR) is 65.2 cm³/mol. The molecular weight excluding hydrogens is 230 g/mol. The van der Waals surface area contributed by atoms with Crippen molar-refractivity contribution in [2.45, 2.75) is 26.0 Å². The van der Waals surface area contributed by atoms with Crippen molar-refractivity contribution < 1.29 is 9.15 Å². The maximum absolute atomic E-state index is 5.79. The maximum atomic E-state index is 5.79. The van der Waals surface area contributed by atoms with Gasteiger partial charge in [-0.15, -0.1) is 10.2 Å². The topological polar surface area (TPSA) is 60.2 Å². The number of rotatable bonds is 4. The second-order valence-electron chi connectivity index (χ2n) is 4.23. The summed E-state index contributed by atoms with van der Waals surface area (Å²) in [5.74, 6) is 2.07. The summed E-state index contributed by atoms with van der Waals surface area (Å²) in [5, 5.41) is 11.2. The molecule has 0 amide bonds. The van der Waals surface area contributed by atoms with Crippen molar-refractivity contribution in [1.29, 1.82) is 0 Å². The summed E-state index contributed by atoms with van der Waals surface area (Å²) >= 11 is 0. The van der Waals surface area contributed by atoms with Crippen LogP contribution in [0.15, 0.2) is 28.7 Å². The lowest BCUT2D eigenvalue weighted by Crippen LogP contribution is -2.11. The zero-order chi connectivity index (χ0) is 12.4. The van der Waals surface area contributed by atoms with Crippen molar-refractivity contribution in [2.75, 3.05) is 6.54 Å². The van der Waals surface area contributed by atoms with E-state index in [1.165, 1.54) is 5.56 Å². The Morgan fingerprint density at radius 3 is 3.06 bits per heavy atom. The second kappa shape index (κ2) is 4.78. The minimum Gasteiger partial charge on any atom is -0.480 e. The predicted octanol–water partition coefficient (Wildman–Crippen LogP) is 1.86. The van der Waals surface area contributed by atoms with E-state index in [2.05, 4.69) is 21.6 Å². The van der Waals surface area contributed by atoms with Gasteiger partial charge in [-0.25, -0.2) is 0 Å². The van der Waals surface area contributed by atoms with Gasteiger partial charge in [0.05, 0.1) is 6.54 Å². The Labute approximate surface area is 105 Å². The van der Waals surface area contributed by atoms with Gasteiger partial charge in [-0.1, -0.05) is 25.1 Å². The van der Waals surface area contributed by atoms with E-state index < -0.39 is 0 Å². The molecule has 0 radical (unpaired) electrons. The van der Waals surface area contributed by atoms with E-state index >= 15 is 0 Å². The fraction of sp³-hybridized carbons (Fsp3) is 0.385. The first-order valence-electron chi connectivity index (χ1n) is 6.14. The third-order valence-electron chi connectivity index (χ3n) is 2.93. The SMILES string of the molecule is CCNCc1nnc(C2Cc3ccccc3O2)o1. The Kier molecular flexibility index (Phi) is 2.98. The molecule has 0 saturated carbocycles. The van der Waals surface area contributed by atoms with Crippen LogP contribution in [-0.4, -0.2) is 16.7 Å². The number of nitrogens with one attached hydrogen (secondary N) is 1. The van der Waals surface area contributed by atoms with E-state index in [0.717, 1.165) is 18.7 Å². The lowest BCUT2D eigenvalue weighted by molar-refractivity contribution is 0.194. The Hall–Kier alpha value is -1.88. The first-order valence-corrected chi connectivity index (χ1v) is 6.14. The van der Waals surface area contributed by atoms with E-state index in [1.807, 2.05) is 25.1 Å². The van der Waals surface area contributed by atoms with E-state index in [1.54, 1.807) is 0 Å². The number of hydrogen-bond acceptors (Lipinski definition) is 5. The van der Waals surface area contributed by atoms with E-state index in [-0.39, 0.29) is 6.10 Å². The monoisotopic (exact) mass is 245 g/mol. The quantitative estimate of drug-likeness (QED) is 0.890. The van der Waals surface area contributed by atoms with Crippen molar-refractivity contribution in [3.63, 3.8) is 0 Å². The van der Waals surface area contributed by atoms with Crippen molar-refractivity contribution in [3.05, 3.63) is 41.6 Å². The molecule has 94 valence electrons. The summed E-state index contributed by atoms with van der Waals surface area (Å²) in [6.45, 7) is 3.51. The largest absolute Gasteiger partial charge is 0.480 e. The molecule has 2 aromatic rings. The molecule has 5 heteroatoms. The van der Waals surface area contributed by atoms with E-state index in [9.17, 15) is 0 Å². The van der Waals surface area contributed by atoms with Crippen LogP contribution >= 0.6 is 0 Å². The molecule has 1 aliphatic rings. The molecule has 1 aromatic heterocycles. The third-order valence-corrected chi connectivity index (χ3v) is 2.93. The summed E-state index contributed by atoms with van der Waals surface area (Å²) in [7, 11) is 0. The fourth-order valence-electron chi connectivity index (χ4n) is 2.02. The maximum Gasteiger partial charge on any atom is 0.257 e. The molecule has 0 bridgehead atoms. The van der Waals surface area contributed by atoms with Crippen molar-refractivity contribution in [3.8, 4) is 5.75 Å². The number of hydrogen-bond donors (Lipinski definition) is 1. The average molecular weight is 245 g/mol. The van der Waals surface area contributed by atoms with Gasteiger partial charge in [0.15, 0.2) is 6.10 Å². The van der Waals surface area contributed by atoms with Crippen LogP contribution in [0.3, 0.4) is 0 Å². The summed E-state index contributed by atoms with van der Waals surface area (Å²) in [5.41, 5.74) is 1.19. The molecule has 2 heterocycles. The number of aromatic nitrogens is 2. The second-order valence-corrected chi connectivity index (χ2v) is 4.23. The van der Waals surface area contributed by atoms with Crippen molar-refractivity contribution in [2.24, 2.45) is 0 Å². The summed E-state index contributed by atoms with van der Waals surface area (Å²) in [4.78, 5) is 0. The molecule has 0 aliphatic carbocycles.